The van der Waals surface area contributed by atoms with Gasteiger partial charge >= 0.3 is 0 Å². The third-order valence-corrected chi connectivity index (χ3v) is 3.88. The molecule has 0 fully saturated rings. The molecule has 0 aromatic rings. The maximum absolute atomic E-state index is 11.4. The van der Waals surface area contributed by atoms with Crippen LogP contribution in [0.25, 0.3) is 0 Å². The first-order valence-electron chi connectivity index (χ1n) is 4.19. The molecule has 1 heterocycles. The molecule has 1 rings (SSSR count). The summed E-state index contributed by atoms with van der Waals surface area (Å²) in [5, 5.41) is 0. The van der Waals surface area contributed by atoms with Crippen molar-refractivity contribution >= 4 is 10.0 Å². The van der Waals surface area contributed by atoms with Gasteiger partial charge in [0, 0.05) is 13.1 Å². The van der Waals surface area contributed by atoms with Crippen LogP contribution < -0.4 is 0 Å². The van der Waals surface area contributed by atoms with E-state index in [1.54, 1.807) is 11.2 Å². The Morgan fingerprint density at radius 3 is 2.75 bits per heavy atom. The fraction of sp³-hybridized carbons (Fsp3) is 0.750. The summed E-state index contributed by atoms with van der Waals surface area (Å²) in [6.45, 7) is 4.88. The molecule has 0 aromatic heterocycles. The Morgan fingerprint density at radius 1 is 1.58 bits per heavy atom. The SMILES string of the molecule is CCS(=O)(=O)N1CCC=C(C)C1. The highest BCUT2D eigenvalue weighted by atomic mass is 32.2. The third-order valence-electron chi connectivity index (χ3n) is 2.06. The highest BCUT2D eigenvalue weighted by Gasteiger charge is 2.21. The average Bonchev–Trinajstić information content (AvgIpc) is 2.05. The summed E-state index contributed by atoms with van der Waals surface area (Å²) in [5.41, 5.74) is 1.15. The van der Waals surface area contributed by atoms with Gasteiger partial charge in [-0.15, -0.1) is 0 Å². The molecule has 3 nitrogen and oxygen atoms in total. The van der Waals surface area contributed by atoms with Crippen LogP contribution in [-0.2, 0) is 10.0 Å². The van der Waals surface area contributed by atoms with E-state index in [2.05, 4.69) is 6.08 Å². The zero-order valence-electron chi connectivity index (χ0n) is 7.58. The zero-order chi connectivity index (χ0) is 9.19. The first-order valence-corrected chi connectivity index (χ1v) is 5.80. The topological polar surface area (TPSA) is 37.4 Å². The lowest BCUT2D eigenvalue weighted by Crippen LogP contribution is -2.36. The Labute approximate surface area is 74.1 Å². The predicted octanol–water partition coefficient (Wildman–Crippen LogP) is 0.988. The van der Waals surface area contributed by atoms with Gasteiger partial charge in [0.15, 0.2) is 0 Å². The number of hydrogen-bond donors (Lipinski definition) is 0. The molecular weight excluding hydrogens is 174 g/mol. The second-order valence-electron chi connectivity index (χ2n) is 3.07. The van der Waals surface area contributed by atoms with E-state index < -0.39 is 10.0 Å². The maximum Gasteiger partial charge on any atom is 0.214 e. The summed E-state index contributed by atoms with van der Waals surface area (Å²) < 4.78 is 24.4. The summed E-state index contributed by atoms with van der Waals surface area (Å²) in [4.78, 5) is 0. The van der Waals surface area contributed by atoms with Crippen LogP contribution in [0.2, 0.25) is 0 Å². The molecule has 0 saturated carbocycles. The second kappa shape index (κ2) is 3.58. The largest absolute Gasteiger partial charge is 0.214 e. The molecule has 1 aliphatic heterocycles. The molecule has 12 heavy (non-hydrogen) atoms. The molecule has 0 N–H and O–H groups in total. The monoisotopic (exact) mass is 189 g/mol. The van der Waals surface area contributed by atoms with Crippen molar-refractivity contribution < 1.29 is 8.42 Å². The van der Waals surface area contributed by atoms with Gasteiger partial charge in [0.1, 0.15) is 0 Å². The third kappa shape index (κ3) is 2.08. The molecule has 0 saturated heterocycles. The first-order chi connectivity index (χ1) is 5.56. The Hall–Kier alpha value is -0.350. The Morgan fingerprint density at radius 2 is 2.25 bits per heavy atom. The molecule has 1 aliphatic rings. The smallest absolute Gasteiger partial charge is 0.212 e. The van der Waals surface area contributed by atoms with E-state index in [-0.39, 0.29) is 5.75 Å². The van der Waals surface area contributed by atoms with Crippen LogP contribution in [0.1, 0.15) is 20.3 Å². The Bertz CT molecular complexity index is 279. The fourth-order valence-corrected chi connectivity index (χ4v) is 2.45. The highest BCUT2D eigenvalue weighted by Crippen LogP contribution is 2.12. The van der Waals surface area contributed by atoms with Crippen molar-refractivity contribution in [3.8, 4) is 0 Å². The molecule has 70 valence electrons. The number of sulfonamides is 1. The summed E-state index contributed by atoms with van der Waals surface area (Å²) in [5.74, 6) is 0.209. The van der Waals surface area contributed by atoms with Gasteiger partial charge in [0.05, 0.1) is 5.75 Å². The van der Waals surface area contributed by atoms with Crippen molar-refractivity contribution in [1.82, 2.24) is 4.31 Å². The molecule has 0 aromatic carbocycles. The van der Waals surface area contributed by atoms with E-state index in [0.29, 0.717) is 13.1 Å². The normalized spacial score (nSPS) is 20.7. The standard InChI is InChI=1S/C8H15NO2S/c1-3-12(10,11)9-6-4-5-8(2)7-9/h5H,3-4,6-7H2,1-2H3. The first kappa shape index (κ1) is 9.74. The van der Waals surface area contributed by atoms with E-state index in [9.17, 15) is 8.42 Å². The molecular formula is C8H15NO2S. The summed E-state index contributed by atoms with van der Waals surface area (Å²) in [7, 11) is -2.96. The van der Waals surface area contributed by atoms with Crippen LogP contribution in [0.4, 0.5) is 0 Å². The summed E-state index contributed by atoms with van der Waals surface area (Å²) >= 11 is 0. The molecule has 0 spiro atoms. The molecule has 0 atom stereocenters. The molecule has 0 amide bonds. The van der Waals surface area contributed by atoms with E-state index in [1.165, 1.54) is 0 Å². The molecule has 0 aliphatic carbocycles. The predicted molar refractivity (Wildman–Crippen MR) is 49.4 cm³/mol. The maximum atomic E-state index is 11.4. The minimum atomic E-state index is -2.96. The van der Waals surface area contributed by atoms with E-state index >= 15 is 0 Å². The van der Waals surface area contributed by atoms with Crippen LogP contribution in [0.5, 0.6) is 0 Å². The van der Waals surface area contributed by atoms with Crippen LogP contribution in [0, 0.1) is 0 Å². The Balaban J connectivity index is 2.74. The highest BCUT2D eigenvalue weighted by molar-refractivity contribution is 7.89. The van der Waals surface area contributed by atoms with Gasteiger partial charge in [0.2, 0.25) is 10.0 Å². The van der Waals surface area contributed by atoms with Gasteiger partial charge in [-0.2, -0.15) is 4.31 Å². The van der Waals surface area contributed by atoms with Crippen LogP contribution in [0.3, 0.4) is 0 Å². The van der Waals surface area contributed by atoms with Crippen molar-refractivity contribution in [1.29, 1.82) is 0 Å². The second-order valence-corrected chi connectivity index (χ2v) is 5.33. The molecule has 0 radical (unpaired) electrons. The lowest BCUT2D eigenvalue weighted by molar-refractivity contribution is 0.429. The minimum Gasteiger partial charge on any atom is -0.212 e. The van der Waals surface area contributed by atoms with Crippen molar-refractivity contribution in [2.45, 2.75) is 20.3 Å². The van der Waals surface area contributed by atoms with E-state index in [1.807, 2.05) is 6.92 Å². The molecule has 0 bridgehead atoms. The van der Waals surface area contributed by atoms with Gasteiger partial charge in [-0.05, 0) is 20.3 Å². The summed E-state index contributed by atoms with van der Waals surface area (Å²) in [6, 6.07) is 0. The quantitative estimate of drug-likeness (QED) is 0.607. The van der Waals surface area contributed by atoms with Crippen LogP contribution >= 0.6 is 0 Å². The number of rotatable bonds is 2. The van der Waals surface area contributed by atoms with Gasteiger partial charge in [-0.25, -0.2) is 8.42 Å². The Kier molecular flexibility index (Phi) is 2.90. The average molecular weight is 189 g/mol. The minimum absolute atomic E-state index is 0.209. The van der Waals surface area contributed by atoms with Crippen molar-refractivity contribution in [2.24, 2.45) is 0 Å². The van der Waals surface area contributed by atoms with Crippen molar-refractivity contribution in [3.05, 3.63) is 11.6 Å². The van der Waals surface area contributed by atoms with Gasteiger partial charge in [-0.1, -0.05) is 11.6 Å². The number of hydrogen-bond acceptors (Lipinski definition) is 2. The summed E-state index contributed by atoms with van der Waals surface area (Å²) in [6.07, 6.45) is 2.95. The lowest BCUT2D eigenvalue weighted by Gasteiger charge is -2.24. The lowest BCUT2D eigenvalue weighted by atomic mass is 10.2. The fourth-order valence-electron chi connectivity index (χ4n) is 1.30. The zero-order valence-corrected chi connectivity index (χ0v) is 8.39. The van der Waals surface area contributed by atoms with Crippen LogP contribution in [0.15, 0.2) is 11.6 Å². The van der Waals surface area contributed by atoms with Crippen LogP contribution in [-0.4, -0.2) is 31.6 Å². The van der Waals surface area contributed by atoms with Gasteiger partial charge in [-0.3, -0.25) is 0 Å². The molecule has 4 heteroatoms. The molecule has 0 unspecified atom stereocenters. The van der Waals surface area contributed by atoms with Crippen molar-refractivity contribution in [2.75, 3.05) is 18.8 Å². The number of nitrogens with zero attached hydrogens (tertiary/aromatic N) is 1. The van der Waals surface area contributed by atoms with Crippen molar-refractivity contribution in [3.63, 3.8) is 0 Å². The van der Waals surface area contributed by atoms with Gasteiger partial charge in [0.25, 0.3) is 0 Å². The van der Waals surface area contributed by atoms with E-state index in [4.69, 9.17) is 0 Å². The van der Waals surface area contributed by atoms with Gasteiger partial charge < -0.3 is 0 Å². The van der Waals surface area contributed by atoms with E-state index in [0.717, 1.165) is 12.0 Å².